The van der Waals surface area contributed by atoms with E-state index in [1.807, 2.05) is 0 Å². The summed E-state index contributed by atoms with van der Waals surface area (Å²) in [5, 5.41) is 0. The van der Waals surface area contributed by atoms with Crippen LogP contribution in [0.15, 0.2) is 11.6 Å². The maximum absolute atomic E-state index is 2.44. The molecule has 0 N–H and O–H groups in total. The smallest absolute Gasteiger partial charge is 1.00 e. The first-order valence-electron chi connectivity index (χ1n) is 7.49. The van der Waals surface area contributed by atoms with Gasteiger partial charge in [-0.15, -0.1) is 0 Å². The molecule has 0 nitrogen and oxygen atoms in total. The first-order chi connectivity index (χ1) is 7.83. The van der Waals surface area contributed by atoms with Crippen LogP contribution in [0.5, 0.6) is 0 Å². The number of unbranched alkanes of at least 4 members (excludes halogenated alkanes) is 1. The van der Waals surface area contributed by atoms with Crippen LogP contribution in [-0.4, -0.2) is 0 Å². The Morgan fingerprint density at radius 2 is 1.88 bits per heavy atom. The van der Waals surface area contributed by atoms with Crippen molar-refractivity contribution in [1.29, 1.82) is 0 Å². The van der Waals surface area contributed by atoms with Crippen molar-refractivity contribution in [2.45, 2.75) is 78.6 Å². The van der Waals surface area contributed by atoms with Gasteiger partial charge in [0.2, 0.25) is 0 Å². The number of rotatable bonds is 6. The van der Waals surface area contributed by atoms with E-state index >= 15 is 0 Å². The van der Waals surface area contributed by atoms with Crippen LogP contribution in [0.1, 0.15) is 80.0 Å². The van der Waals surface area contributed by atoms with E-state index in [-0.39, 0.29) is 31.0 Å². The van der Waals surface area contributed by atoms with E-state index in [1.165, 1.54) is 57.8 Å². The molecule has 1 heteroatoms. The summed E-state index contributed by atoms with van der Waals surface area (Å²) in [6.45, 7) is 6.94. The summed E-state index contributed by atoms with van der Waals surface area (Å²) in [7, 11) is 0. The van der Waals surface area contributed by atoms with E-state index in [0.29, 0.717) is 0 Å². The third-order valence-corrected chi connectivity index (χ3v) is 4.28. The minimum atomic E-state index is 0. The molecule has 0 aromatic rings. The summed E-state index contributed by atoms with van der Waals surface area (Å²) >= 11 is 0. The second-order valence-electron chi connectivity index (χ2n) is 5.37. The topological polar surface area (TPSA) is 0 Å². The van der Waals surface area contributed by atoms with Gasteiger partial charge in [0.1, 0.15) is 0 Å². The molecule has 0 amide bonds. The van der Waals surface area contributed by atoms with Crippen LogP contribution >= 0.6 is 0 Å². The molecule has 1 aliphatic rings. The normalized spacial score (nSPS) is 19.8. The summed E-state index contributed by atoms with van der Waals surface area (Å²) in [5.41, 5.74) is 1.80. The zero-order chi connectivity index (χ0) is 11.8. The third-order valence-electron chi connectivity index (χ3n) is 4.28. The number of allylic oxidation sites excluding steroid dienone is 2. The molecule has 0 radical (unpaired) electrons. The Morgan fingerprint density at radius 1 is 1.24 bits per heavy atom. The molecular formula is C16H31Na. The van der Waals surface area contributed by atoms with Crippen molar-refractivity contribution in [3.8, 4) is 0 Å². The van der Waals surface area contributed by atoms with E-state index in [4.69, 9.17) is 0 Å². The molecule has 1 atom stereocenters. The van der Waals surface area contributed by atoms with E-state index < -0.39 is 0 Å². The molecule has 0 saturated heterocycles. The zero-order valence-corrected chi connectivity index (χ0v) is 14.6. The van der Waals surface area contributed by atoms with Gasteiger partial charge in [-0.2, -0.15) is 0 Å². The Labute approximate surface area is 132 Å². The van der Waals surface area contributed by atoms with Crippen molar-refractivity contribution < 1.29 is 31.0 Å². The van der Waals surface area contributed by atoms with Gasteiger partial charge in [0.15, 0.2) is 0 Å². The SMILES string of the molecule is CC=C(C(CC)CCCC)C1CCCCC1.[H-].[Na+]. The fraction of sp³-hybridized carbons (Fsp3) is 0.875. The van der Waals surface area contributed by atoms with Gasteiger partial charge in [0.25, 0.3) is 0 Å². The van der Waals surface area contributed by atoms with Crippen LogP contribution < -0.4 is 29.6 Å². The van der Waals surface area contributed by atoms with Gasteiger partial charge >= 0.3 is 29.6 Å². The average Bonchev–Trinajstić information content (AvgIpc) is 2.35. The maximum Gasteiger partial charge on any atom is 1.00 e. The van der Waals surface area contributed by atoms with Crippen LogP contribution in [0.25, 0.3) is 0 Å². The van der Waals surface area contributed by atoms with Crippen LogP contribution in [0.3, 0.4) is 0 Å². The van der Waals surface area contributed by atoms with Crippen LogP contribution in [-0.2, 0) is 0 Å². The number of hydrogen-bond donors (Lipinski definition) is 0. The van der Waals surface area contributed by atoms with Gasteiger partial charge in [-0.05, 0) is 44.4 Å². The predicted molar refractivity (Wildman–Crippen MR) is 74.8 cm³/mol. The van der Waals surface area contributed by atoms with E-state index in [9.17, 15) is 0 Å². The van der Waals surface area contributed by atoms with Gasteiger partial charge < -0.3 is 1.43 Å². The Hall–Kier alpha value is 0.740. The van der Waals surface area contributed by atoms with E-state index in [0.717, 1.165) is 11.8 Å². The van der Waals surface area contributed by atoms with Crippen molar-refractivity contribution in [1.82, 2.24) is 0 Å². The van der Waals surface area contributed by atoms with Gasteiger partial charge in [0.05, 0.1) is 0 Å². The van der Waals surface area contributed by atoms with Crippen LogP contribution in [0, 0.1) is 11.8 Å². The summed E-state index contributed by atoms with van der Waals surface area (Å²) in [6.07, 6.45) is 15.3. The molecule has 17 heavy (non-hydrogen) atoms. The fourth-order valence-electron chi connectivity index (χ4n) is 3.30. The van der Waals surface area contributed by atoms with Crippen molar-refractivity contribution in [3.63, 3.8) is 0 Å². The molecule has 0 aliphatic heterocycles. The standard InChI is InChI=1S/C16H30.Na.H/c1-4-7-11-14(5-2)16(6-3)15-12-9-8-10-13-15;;/h6,14-15H,4-5,7-13H2,1-3H3;;/q;+1;-1. The van der Waals surface area contributed by atoms with Crippen molar-refractivity contribution in [2.24, 2.45) is 11.8 Å². The van der Waals surface area contributed by atoms with Crippen LogP contribution in [0.2, 0.25) is 0 Å². The molecule has 1 fully saturated rings. The minimum Gasteiger partial charge on any atom is -1.00 e. The van der Waals surface area contributed by atoms with Crippen molar-refractivity contribution >= 4 is 0 Å². The molecule has 0 aromatic carbocycles. The third kappa shape index (κ3) is 5.94. The van der Waals surface area contributed by atoms with Gasteiger partial charge in [-0.25, -0.2) is 0 Å². The summed E-state index contributed by atoms with van der Waals surface area (Å²) in [4.78, 5) is 0. The quantitative estimate of drug-likeness (QED) is 0.499. The van der Waals surface area contributed by atoms with E-state index in [1.54, 1.807) is 5.57 Å². The molecule has 0 heterocycles. The van der Waals surface area contributed by atoms with Gasteiger partial charge in [0, 0.05) is 0 Å². The molecular weight excluding hydrogens is 215 g/mol. The summed E-state index contributed by atoms with van der Waals surface area (Å²) in [6, 6.07) is 0. The molecule has 1 aliphatic carbocycles. The molecule has 1 rings (SSSR count). The first kappa shape index (κ1) is 17.7. The molecule has 0 aromatic heterocycles. The molecule has 1 unspecified atom stereocenters. The van der Waals surface area contributed by atoms with E-state index in [2.05, 4.69) is 26.8 Å². The predicted octanol–water partition coefficient (Wildman–Crippen LogP) is 2.85. The van der Waals surface area contributed by atoms with Crippen LogP contribution in [0.4, 0.5) is 0 Å². The molecule has 0 bridgehead atoms. The monoisotopic (exact) mass is 246 g/mol. The maximum atomic E-state index is 2.44. The van der Waals surface area contributed by atoms with Crippen molar-refractivity contribution in [3.05, 3.63) is 11.6 Å². The summed E-state index contributed by atoms with van der Waals surface area (Å²) in [5.74, 6) is 1.81. The van der Waals surface area contributed by atoms with Crippen molar-refractivity contribution in [2.75, 3.05) is 0 Å². The molecule has 1 saturated carbocycles. The summed E-state index contributed by atoms with van der Waals surface area (Å²) < 4.78 is 0. The molecule has 0 spiro atoms. The zero-order valence-electron chi connectivity index (χ0n) is 13.6. The van der Waals surface area contributed by atoms with Gasteiger partial charge in [-0.3, -0.25) is 0 Å². The Bertz CT molecular complexity index is 207. The second-order valence-corrected chi connectivity index (χ2v) is 5.37. The minimum absolute atomic E-state index is 0. The Morgan fingerprint density at radius 3 is 2.35 bits per heavy atom. The molecule has 96 valence electrons. The Kier molecular flexibility index (Phi) is 11.1. The Balaban J connectivity index is 0. The number of hydrogen-bond acceptors (Lipinski definition) is 0. The van der Waals surface area contributed by atoms with Gasteiger partial charge in [-0.1, -0.05) is 57.6 Å². The second kappa shape index (κ2) is 10.6. The average molecular weight is 246 g/mol. The first-order valence-corrected chi connectivity index (χ1v) is 7.49. The fourth-order valence-corrected chi connectivity index (χ4v) is 3.30. The largest absolute Gasteiger partial charge is 1.00 e.